The molecule has 0 bridgehead atoms. The lowest BCUT2D eigenvalue weighted by Crippen LogP contribution is -2.46. The second-order valence-corrected chi connectivity index (χ2v) is 8.73. The average molecular weight is 379 g/mol. The van der Waals surface area contributed by atoms with E-state index in [2.05, 4.69) is 0 Å². The van der Waals surface area contributed by atoms with Crippen LogP contribution in [-0.2, 0) is 20.5 Å². The molecule has 0 radical (unpaired) electrons. The van der Waals surface area contributed by atoms with Gasteiger partial charge in [-0.3, -0.25) is 4.79 Å². The summed E-state index contributed by atoms with van der Waals surface area (Å²) in [5, 5.41) is 0. The molecule has 0 aliphatic carbocycles. The van der Waals surface area contributed by atoms with E-state index < -0.39 is 30.8 Å². The highest BCUT2D eigenvalue weighted by molar-refractivity contribution is 6.62. The maximum atomic E-state index is 13.5. The molecule has 0 saturated carbocycles. The summed E-state index contributed by atoms with van der Waals surface area (Å²) in [6, 6.07) is 5.68. The summed E-state index contributed by atoms with van der Waals surface area (Å²) in [5.41, 5.74) is 1.86. The average Bonchev–Trinajstić information content (AvgIpc) is 2.74. The Bertz CT molecular complexity index is 720. The summed E-state index contributed by atoms with van der Waals surface area (Å²) in [6.07, 6.45) is 0.331. The van der Waals surface area contributed by atoms with Crippen molar-refractivity contribution in [3.63, 3.8) is 0 Å². The van der Waals surface area contributed by atoms with Gasteiger partial charge < -0.3 is 14.2 Å². The quantitative estimate of drug-likeness (QED) is 0.758. The van der Waals surface area contributed by atoms with E-state index in [1.807, 2.05) is 52.8 Å². The standard InChI is InChI=1S/C20H28BF2NO3/c1-14-11-15(12-17(25)24-10-6-9-20(22,23)13-24)7-8-16(14)21-26-18(2,3)19(4,5)27-21/h7-8,11H,6,9-10,12-13H2,1-5H3. The lowest BCUT2D eigenvalue weighted by molar-refractivity contribution is -0.140. The molecule has 0 atom stereocenters. The fourth-order valence-corrected chi connectivity index (χ4v) is 3.55. The number of benzene rings is 1. The van der Waals surface area contributed by atoms with Crippen molar-refractivity contribution in [2.75, 3.05) is 13.1 Å². The van der Waals surface area contributed by atoms with Gasteiger partial charge >= 0.3 is 7.12 Å². The van der Waals surface area contributed by atoms with Gasteiger partial charge in [-0.25, -0.2) is 8.78 Å². The Kier molecular flexibility index (Phi) is 5.14. The van der Waals surface area contributed by atoms with Crippen LogP contribution in [0.1, 0.15) is 51.7 Å². The third-order valence-corrected chi connectivity index (χ3v) is 5.94. The Morgan fingerprint density at radius 2 is 1.81 bits per heavy atom. The van der Waals surface area contributed by atoms with Crippen LogP contribution in [0, 0.1) is 6.92 Å². The minimum absolute atomic E-state index is 0.126. The lowest BCUT2D eigenvalue weighted by Gasteiger charge is -2.32. The van der Waals surface area contributed by atoms with Gasteiger partial charge in [-0.2, -0.15) is 0 Å². The maximum Gasteiger partial charge on any atom is 0.495 e. The second-order valence-electron chi connectivity index (χ2n) is 8.73. The summed E-state index contributed by atoms with van der Waals surface area (Å²) in [5.74, 6) is -3.03. The Labute approximate surface area is 160 Å². The minimum Gasteiger partial charge on any atom is -0.399 e. The van der Waals surface area contributed by atoms with Crippen molar-refractivity contribution in [1.29, 1.82) is 0 Å². The molecule has 3 rings (SSSR count). The molecule has 1 aromatic carbocycles. The molecule has 0 N–H and O–H groups in total. The SMILES string of the molecule is Cc1cc(CC(=O)N2CCCC(F)(F)C2)ccc1B1OC(C)(C)C(C)(C)O1. The summed E-state index contributed by atoms with van der Waals surface area (Å²) < 4.78 is 39.3. The van der Waals surface area contributed by atoms with Gasteiger partial charge in [0.1, 0.15) is 0 Å². The summed E-state index contributed by atoms with van der Waals surface area (Å²) in [4.78, 5) is 13.7. The van der Waals surface area contributed by atoms with Crippen LogP contribution in [0.4, 0.5) is 8.78 Å². The lowest BCUT2D eigenvalue weighted by atomic mass is 9.75. The number of rotatable bonds is 3. The first kappa shape index (κ1) is 20.3. The summed E-state index contributed by atoms with van der Waals surface area (Å²) >= 11 is 0. The number of piperidine rings is 1. The molecule has 2 heterocycles. The van der Waals surface area contributed by atoms with Crippen LogP contribution in [0.15, 0.2) is 18.2 Å². The Hall–Kier alpha value is -1.47. The first-order valence-electron chi connectivity index (χ1n) is 9.51. The van der Waals surface area contributed by atoms with Crippen molar-refractivity contribution < 1.29 is 22.9 Å². The molecule has 2 fully saturated rings. The molecule has 0 aromatic heterocycles. The van der Waals surface area contributed by atoms with E-state index in [1.54, 1.807) is 0 Å². The highest BCUT2D eigenvalue weighted by Gasteiger charge is 2.52. The Morgan fingerprint density at radius 1 is 1.19 bits per heavy atom. The first-order chi connectivity index (χ1) is 12.4. The van der Waals surface area contributed by atoms with Gasteiger partial charge in [0.2, 0.25) is 5.91 Å². The zero-order chi connectivity index (χ0) is 20.0. The molecular weight excluding hydrogens is 351 g/mol. The molecule has 2 aliphatic heterocycles. The van der Waals surface area contributed by atoms with Gasteiger partial charge in [-0.05, 0) is 52.1 Å². The number of nitrogens with zero attached hydrogens (tertiary/aromatic N) is 1. The van der Waals surface area contributed by atoms with E-state index in [-0.39, 0.29) is 18.7 Å². The molecule has 2 aliphatic rings. The van der Waals surface area contributed by atoms with Crippen molar-refractivity contribution >= 4 is 18.5 Å². The van der Waals surface area contributed by atoms with E-state index in [4.69, 9.17) is 9.31 Å². The van der Waals surface area contributed by atoms with E-state index >= 15 is 0 Å². The maximum absolute atomic E-state index is 13.5. The molecule has 4 nitrogen and oxygen atoms in total. The second kappa shape index (κ2) is 6.85. The zero-order valence-corrected chi connectivity index (χ0v) is 16.8. The van der Waals surface area contributed by atoms with Crippen molar-refractivity contribution in [1.82, 2.24) is 4.90 Å². The van der Waals surface area contributed by atoms with Crippen LogP contribution >= 0.6 is 0 Å². The van der Waals surface area contributed by atoms with E-state index in [0.717, 1.165) is 16.6 Å². The molecule has 2 saturated heterocycles. The number of halogens is 2. The van der Waals surface area contributed by atoms with Gasteiger partial charge in [0.25, 0.3) is 5.92 Å². The van der Waals surface area contributed by atoms with Crippen LogP contribution in [0.2, 0.25) is 0 Å². The Balaban J connectivity index is 1.70. The van der Waals surface area contributed by atoms with Crippen molar-refractivity contribution in [2.24, 2.45) is 0 Å². The molecular formula is C20H28BF2NO3. The fraction of sp³-hybridized carbons (Fsp3) is 0.650. The first-order valence-corrected chi connectivity index (χ1v) is 9.51. The smallest absolute Gasteiger partial charge is 0.399 e. The molecule has 0 unspecified atom stereocenters. The van der Waals surface area contributed by atoms with Gasteiger partial charge in [0.15, 0.2) is 0 Å². The Morgan fingerprint density at radius 3 is 2.37 bits per heavy atom. The van der Waals surface area contributed by atoms with E-state index in [0.29, 0.717) is 13.0 Å². The van der Waals surface area contributed by atoms with Crippen molar-refractivity contribution in [3.05, 3.63) is 29.3 Å². The third kappa shape index (κ3) is 4.19. The molecule has 27 heavy (non-hydrogen) atoms. The number of carbonyl (C=O) groups is 1. The largest absolute Gasteiger partial charge is 0.495 e. The predicted molar refractivity (Wildman–Crippen MR) is 101 cm³/mol. The predicted octanol–water partition coefficient (Wildman–Crippen LogP) is 3.09. The fourth-order valence-electron chi connectivity index (χ4n) is 3.55. The number of amides is 1. The van der Waals surface area contributed by atoms with Crippen LogP contribution in [0.25, 0.3) is 0 Å². The van der Waals surface area contributed by atoms with E-state index in [1.165, 1.54) is 4.90 Å². The highest BCUT2D eigenvalue weighted by atomic mass is 19.3. The van der Waals surface area contributed by atoms with Gasteiger partial charge in [-0.15, -0.1) is 0 Å². The van der Waals surface area contributed by atoms with Crippen LogP contribution in [-0.4, -0.2) is 48.1 Å². The van der Waals surface area contributed by atoms with Gasteiger partial charge in [0.05, 0.1) is 24.2 Å². The van der Waals surface area contributed by atoms with Crippen LogP contribution < -0.4 is 5.46 Å². The number of alkyl halides is 2. The minimum atomic E-state index is -2.77. The van der Waals surface area contributed by atoms with Crippen LogP contribution in [0.3, 0.4) is 0 Å². The third-order valence-electron chi connectivity index (χ3n) is 5.94. The number of likely N-dealkylation sites (tertiary alicyclic amines) is 1. The summed E-state index contributed by atoms with van der Waals surface area (Å²) in [7, 11) is -0.458. The molecule has 0 spiro atoms. The van der Waals surface area contributed by atoms with Crippen LogP contribution in [0.5, 0.6) is 0 Å². The molecule has 148 valence electrons. The molecule has 1 amide bonds. The number of carbonyl (C=O) groups excluding carboxylic acids is 1. The highest BCUT2D eigenvalue weighted by Crippen LogP contribution is 2.36. The number of hydrogen-bond acceptors (Lipinski definition) is 3. The van der Waals surface area contributed by atoms with Gasteiger partial charge in [-0.1, -0.05) is 23.8 Å². The molecule has 7 heteroatoms. The normalized spacial score (nSPS) is 23.5. The zero-order valence-electron chi connectivity index (χ0n) is 16.8. The molecule has 1 aromatic rings. The number of hydrogen-bond donors (Lipinski definition) is 0. The topological polar surface area (TPSA) is 38.8 Å². The van der Waals surface area contributed by atoms with Crippen molar-refractivity contribution in [2.45, 2.75) is 71.0 Å². The monoisotopic (exact) mass is 379 g/mol. The summed E-state index contributed by atoms with van der Waals surface area (Å²) in [6.45, 7) is 9.89. The number of aryl methyl sites for hydroxylation is 1. The van der Waals surface area contributed by atoms with Gasteiger partial charge in [0, 0.05) is 13.0 Å². The van der Waals surface area contributed by atoms with E-state index in [9.17, 15) is 13.6 Å². The van der Waals surface area contributed by atoms with Crippen molar-refractivity contribution in [3.8, 4) is 0 Å².